The Morgan fingerprint density at radius 2 is 1.73 bits per heavy atom. The van der Waals surface area contributed by atoms with E-state index >= 15 is 0 Å². The van der Waals surface area contributed by atoms with E-state index in [0.717, 1.165) is 4.31 Å². The maximum Gasteiger partial charge on any atom is 0.264 e. The number of sulfonamides is 1. The molecule has 1 N–H and O–H groups in total. The molecule has 0 unspecified atom stereocenters. The smallest absolute Gasteiger partial charge is 0.264 e. The van der Waals surface area contributed by atoms with Gasteiger partial charge in [-0.3, -0.25) is 9.10 Å². The van der Waals surface area contributed by atoms with Crippen molar-refractivity contribution in [1.29, 1.82) is 0 Å². The highest BCUT2D eigenvalue weighted by Gasteiger charge is 2.23. The molecule has 0 radical (unpaired) electrons. The van der Waals surface area contributed by atoms with Crippen molar-refractivity contribution >= 4 is 33.2 Å². The molecule has 1 amide bonds. The molecule has 0 spiro atoms. The molecule has 0 aromatic heterocycles. The molecule has 7 heteroatoms. The summed E-state index contributed by atoms with van der Waals surface area (Å²) in [5.41, 5.74) is 0.749. The summed E-state index contributed by atoms with van der Waals surface area (Å²) in [5, 5.41) is 3.32. The van der Waals surface area contributed by atoms with E-state index in [1.54, 1.807) is 36.4 Å². The molecular formula is C19H23ClN2O3S. The monoisotopic (exact) mass is 394 g/mol. The van der Waals surface area contributed by atoms with E-state index in [2.05, 4.69) is 5.32 Å². The first-order chi connectivity index (χ1) is 12.1. The molecule has 0 heterocycles. The highest BCUT2D eigenvalue weighted by molar-refractivity contribution is 7.92. The van der Waals surface area contributed by atoms with Crippen molar-refractivity contribution in [1.82, 2.24) is 5.32 Å². The Hall–Kier alpha value is -2.05. The number of nitrogens with zero attached hydrogens (tertiary/aromatic N) is 1. The van der Waals surface area contributed by atoms with Crippen LogP contribution in [0, 0.1) is 5.92 Å². The zero-order valence-corrected chi connectivity index (χ0v) is 16.8. The maximum absolute atomic E-state index is 12.9. The summed E-state index contributed by atoms with van der Waals surface area (Å²) >= 11 is 5.95. The first-order valence-electron chi connectivity index (χ1n) is 8.28. The van der Waals surface area contributed by atoms with Gasteiger partial charge < -0.3 is 5.32 Å². The van der Waals surface area contributed by atoms with Crippen LogP contribution in [0.5, 0.6) is 0 Å². The molecule has 140 valence electrons. The molecule has 0 aliphatic rings. The lowest BCUT2D eigenvalue weighted by molar-refractivity contribution is 0.0930. The van der Waals surface area contributed by atoms with Gasteiger partial charge >= 0.3 is 0 Å². The number of carbonyl (C=O) groups is 1. The first-order valence-corrected chi connectivity index (χ1v) is 10.1. The molecule has 5 nitrogen and oxygen atoms in total. The van der Waals surface area contributed by atoms with Crippen molar-refractivity contribution in [2.24, 2.45) is 5.92 Å². The standard InChI is InChI=1S/C19H23ClN2O3S/c1-13(2)14(3)21-19(23)15-7-5-10-18(11-15)26(24,25)22(4)17-9-6-8-16(20)12-17/h5-14H,1-4H3,(H,21,23)/t14-/m0/s1. The Kier molecular flexibility index (Phi) is 6.31. The van der Waals surface area contributed by atoms with Crippen molar-refractivity contribution < 1.29 is 13.2 Å². The summed E-state index contributed by atoms with van der Waals surface area (Å²) in [5.74, 6) is -0.0199. The van der Waals surface area contributed by atoms with Gasteiger partial charge in [0.2, 0.25) is 0 Å². The average Bonchev–Trinajstić information content (AvgIpc) is 2.60. The molecule has 2 aromatic carbocycles. The lowest BCUT2D eigenvalue weighted by Crippen LogP contribution is -2.36. The number of nitrogens with one attached hydrogen (secondary N) is 1. The Bertz CT molecular complexity index is 897. The highest BCUT2D eigenvalue weighted by atomic mass is 35.5. The van der Waals surface area contributed by atoms with Gasteiger partial charge in [-0.2, -0.15) is 0 Å². The van der Waals surface area contributed by atoms with Crippen molar-refractivity contribution in [3.63, 3.8) is 0 Å². The fraction of sp³-hybridized carbons (Fsp3) is 0.316. The Morgan fingerprint density at radius 1 is 1.08 bits per heavy atom. The number of rotatable bonds is 6. The molecule has 0 aliphatic carbocycles. The minimum atomic E-state index is -3.81. The van der Waals surface area contributed by atoms with Crippen LogP contribution < -0.4 is 9.62 Å². The summed E-state index contributed by atoms with van der Waals surface area (Å²) in [4.78, 5) is 12.4. The molecule has 0 fully saturated rings. The van der Waals surface area contributed by atoms with Gasteiger partial charge in [-0.15, -0.1) is 0 Å². The largest absolute Gasteiger partial charge is 0.349 e. The van der Waals surface area contributed by atoms with Gasteiger partial charge in [0.1, 0.15) is 0 Å². The van der Waals surface area contributed by atoms with Crippen LogP contribution in [0.3, 0.4) is 0 Å². The van der Waals surface area contributed by atoms with Gasteiger partial charge in [-0.05, 0) is 49.2 Å². The Labute approximate surface area is 160 Å². The van der Waals surface area contributed by atoms with Crippen LogP contribution in [-0.4, -0.2) is 27.4 Å². The highest BCUT2D eigenvalue weighted by Crippen LogP contribution is 2.25. The third-order valence-corrected chi connectivity index (χ3v) is 6.30. The van der Waals surface area contributed by atoms with E-state index in [1.165, 1.54) is 19.2 Å². The van der Waals surface area contributed by atoms with Crippen molar-refractivity contribution in [3.8, 4) is 0 Å². The van der Waals surface area contributed by atoms with E-state index in [1.807, 2.05) is 20.8 Å². The summed E-state index contributed by atoms with van der Waals surface area (Å²) in [6.45, 7) is 5.92. The number of halogens is 1. The van der Waals surface area contributed by atoms with Gasteiger partial charge in [0.05, 0.1) is 10.6 Å². The maximum atomic E-state index is 12.9. The third kappa shape index (κ3) is 4.56. The molecule has 2 rings (SSSR count). The van der Waals surface area contributed by atoms with Crippen LogP contribution in [0.15, 0.2) is 53.4 Å². The van der Waals surface area contributed by atoms with Crippen LogP contribution >= 0.6 is 11.6 Å². The topological polar surface area (TPSA) is 66.5 Å². The molecular weight excluding hydrogens is 372 g/mol. The van der Waals surface area contributed by atoms with Crippen LogP contribution in [0.25, 0.3) is 0 Å². The predicted molar refractivity (Wildman–Crippen MR) is 105 cm³/mol. The van der Waals surface area contributed by atoms with Crippen molar-refractivity contribution in [2.45, 2.75) is 31.7 Å². The number of hydrogen-bond acceptors (Lipinski definition) is 3. The number of amides is 1. The van der Waals surface area contributed by atoms with E-state index in [0.29, 0.717) is 16.3 Å². The predicted octanol–water partition coefficient (Wildman–Crippen LogP) is 3.94. The first kappa shape index (κ1) is 20.3. The summed E-state index contributed by atoms with van der Waals surface area (Å²) in [6.07, 6.45) is 0. The second-order valence-electron chi connectivity index (χ2n) is 6.49. The van der Waals surface area contributed by atoms with E-state index in [-0.39, 0.29) is 22.8 Å². The lowest BCUT2D eigenvalue weighted by atomic mass is 10.1. The Morgan fingerprint density at radius 3 is 2.35 bits per heavy atom. The zero-order valence-electron chi connectivity index (χ0n) is 15.2. The van der Waals surface area contributed by atoms with Gasteiger partial charge in [-0.25, -0.2) is 8.42 Å². The quantitative estimate of drug-likeness (QED) is 0.806. The Balaban J connectivity index is 2.32. The van der Waals surface area contributed by atoms with Crippen molar-refractivity contribution in [2.75, 3.05) is 11.4 Å². The number of hydrogen-bond donors (Lipinski definition) is 1. The SMILES string of the molecule is CC(C)[C@H](C)NC(=O)c1cccc(S(=O)(=O)N(C)c2cccc(Cl)c2)c1. The van der Waals surface area contributed by atoms with Gasteiger partial charge in [0, 0.05) is 23.7 Å². The van der Waals surface area contributed by atoms with Gasteiger partial charge in [-0.1, -0.05) is 37.6 Å². The summed E-state index contributed by atoms with van der Waals surface area (Å²) in [6, 6.07) is 12.6. The van der Waals surface area contributed by atoms with E-state index in [4.69, 9.17) is 11.6 Å². The van der Waals surface area contributed by atoms with Gasteiger partial charge in [0.25, 0.3) is 15.9 Å². The number of carbonyl (C=O) groups excluding carboxylic acids is 1. The second-order valence-corrected chi connectivity index (χ2v) is 8.89. The molecule has 0 bridgehead atoms. The fourth-order valence-electron chi connectivity index (χ4n) is 2.22. The lowest BCUT2D eigenvalue weighted by Gasteiger charge is -2.20. The number of anilines is 1. The molecule has 1 atom stereocenters. The normalized spacial score (nSPS) is 12.7. The van der Waals surface area contributed by atoms with Gasteiger partial charge in [0.15, 0.2) is 0 Å². The fourth-order valence-corrected chi connectivity index (χ4v) is 3.64. The molecule has 0 saturated heterocycles. The van der Waals surface area contributed by atoms with Crippen LogP contribution in [-0.2, 0) is 10.0 Å². The van der Waals surface area contributed by atoms with E-state index in [9.17, 15) is 13.2 Å². The van der Waals surface area contributed by atoms with Crippen LogP contribution in [0.4, 0.5) is 5.69 Å². The second kappa shape index (κ2) is 8.10. The molecule has 0 saturated carbocycles. The summed E-state index contributed by atoms with van der Waals surface area (Å²) in [7, 11) is -2.36. The van der Waals surface area contributed by atoms with E-state index < -0.39 is 10.0 Å². The van der Waals surface area contributed by atoms with Crippen LogP contribution in [0.2, 0.25) is 5.02 Å². The minimum absolute atomic E-state index is 0.0168. The summed E-state index contributed by atoms with van der Waals surface area (Å²) < 4.78 is 26.9. The third-order valence-electron chi connectivity index (χ3n) is 4.29. The minimum Gasteiger partial charge on any atom is -0.349 e. The average molecular weight is 395 g/mol. The molecule has 0 aliphatic heterocycles. The molecule has 26 heavy (non-hydrogen) atoms. The number of benzene rings is 2. The zero-order chi connectivity index (χ0) is 19.5. The van der Waals surface area contributed by atoms with Crippen molar-refractivity contribution in [3.05, 3.63) is 59.1 Å². The molecule has 2 aromatic rings. The van der Waals surface area contributed by atoms with Crippen LogP contribution in [0.1, 0.15) is 31.1 Å².